The van der Waals surface area contributed by atoms with Crippen molar-refractivity contribution in [2.45, 2.75) is 5.37 Å². The molecule has 6 heteroatoms. The molecule has 1 aliphatic rings. The molecule has 1 amide bonds. The Morgan fingerprint density at radius 1 is 1.17 bits per heavy atom. The second-order valence-electron chi connectivity index (χ2n) is 5.34. The quantitative estimate of drug-likeness (QED) is 0.754. The maximum absolute atomic E-state index is 12.9. The molecule has 2 aromatic carbocycles. The zero-order valence-electron chi connectivity index (χ0n) is 13.5. The smallest absolute Gasteiger partial charge is 0.255 e. The van der Waals surface area contributed by atoms with Gasteiger partial charge in [-0.3, -0.25) is 4.79 Å². The van der Waals surface area contributed by atoms with Gasteiger partial charge in [0.1, 0.15) is 16.9 Å². The van der Waals surface area contributed by atoms with E-state index in [-0.39, 0.29) is 11.3 Å². The molecule has 1 fully saturated rings. The highest BCUT2D eigenvalue weighted by Crippen LogP contribution is 2.43. The minimum atomic E-state index is -0.0537. The van der Waals surface area contributed by atoms with E-state index in [0.717, 1.165) is 33.8 Å². The molecule has 0 bridgehead atoms. The van der Waals surface area contributed by atoms with Crippen LogP contribution in [0.2, 0.25) is 0 Å². The van der Waals surface area contributed by atoms with Gasteiger partial charge >= 0.3 is 0 Å². The van der Waals surface area contributed by atoms with E-state index < -0.39 is 0 Å². The average Bonchev–Trinajstić information content (AvgIpc) is 3.10. The lowest BCUT2D eigenvalue weighted by molar-refractivity contribution is 0.0759. The van der Waals surface area contributed by atoms with Crippen molar-refractivity contribution in [3.05, 3.63) is 58.1 Å². The summed E-state index contributed by atoms with van der Waals surface area (Å²) in [6.45, 7) is 0.722. The van der Waals surface area contributed by atoms with Gasteiger partial charge in [0.05, 0.1) is 14.2 Å². The molecule has 3 rings (SSSR count). The van der Waals surface area contributed by atoms with Crippen molar-refractivity contribution < 1.29 is 14.3 Å². The standard InChI is InChI=1S/C18H18BrNO3S/c1-22-14-7-8-15(16(11-14)23-2)18-20(9-10-24-18)17(21)12-3-5-13(19)6-4-12/h3-8,11,18H,9-10H2,1-2H3. The Morgan fingerprint density at radius 2 is 1.92 bits per heavy atom. The van der Waals surface area contributed by atoms with Crippen molar-refractivity contribution in [1.82, 2.24) is 4.90 Å². The number of benzene rings is 2. The second-order valence-corrected chi connectivity index (χ2v) is 7.44. The summed E-state index contributed by atoms with van der Waals surface area (Å²) >= 11 is 5.15. The molecule has 1 saturated heterocycles. The van der Waals surface area contributed by atoms with E-state index in [0.29, 0.717) is 5.56 Å². The normalized spacial score (nSPS) is 17.0. The van der Waals surface area contributed by atoms with Gasteiger partial charge in [-0.25, -0.2) is 0 Å². The summed E-state index contributed by atoms with van der Waals surface area (Å²) in [5.41, 5.74) is 1.68. The van der Waals surface area contributed by atoms with Crippen LogP contribution in [-0.2, 0) is 0 Å². The molecule has 1 unspecified atom stereocenters. The number of nitrogens with zero attached hydrogens (tertiary/aromatic N) is 1. The van der Waals surface area contributed by atoms with Crippen LogP contribution < -0.4 is 9.47 Å². The van der Waals surface area contributed by atoms with Gasteiger partial charge < -0.3 is 14.4 Å². The van der Waals surface area contributed by atoms with Crippen molar-refractivity contribution in [3.63, 3.8) is 0 Å². The summed E-state index contributed by atoms with van der Waals surface area (Å²) in [6.07, 6.45) is 0. The van der Waals surface area contributed by atoms with Crippen LogP contribution in [0.15, 0.2) is 46.9 Å². The Bertz CT molecular complexity index is 736. The van der Waals surface area contributed by atoms with Gasteiger partial charge in [0.15, 0.2) is 0 Å². The highest BCUT2D eigenvalue weighted by molar-refractivity contribution is 9.10. The molecule has 1 aliphatic heterocycles. The fraction of sp³-hybridized carbons (Fsp3) is 0.278. The SMILES string of the molecule is COc1ccc(C2SCCN2C(=O)c2ccc(Br)cc2)c(OC)c1. The molecule has 0 aliphatic carbocycles. The van der Waals surface area contributed by atoms with Gasteiger partial charge in [0.25, 0.3) is 5.91 Å². The van der Waals surface area contributed by atoms with Gasteiger partial charge in [0.2, 0.25) is 0 Å². The predicted molar refractivity (Wildman–Crippen MR) is 99.9 cm³/mol. The molecule has 4 nitrogen and oxygen atoms in total. The third kappa shape index (κ3) is 3.39. The van der Waals surface area contributed by atoms with Crippen LogP contribution in [0.1, 0.15) is 21.3 Å². The number of amides is 1. The molecule has 0 N–H and O–H groups in total. The number of methoxy groups -OCH3 is 2. The van der Waals surface area contributed by atoms with Crippen molar-refractivity contribution in [3.8, 4) is 11.5 Å². The van der Waals surface area contributed by atoms with Gasteiger partial charge in [0, 0.05) is 34.0 Å². The summed E-state index contributed by atoms with van der Waals surface area (Å²) in [7, 11) is 3.26. The Balaban J connectivity index is 1.90. The Kier molecular flexibility index (Phi) is 5.36. The minimum absolute atomic E-state index is 0.0374. The molecular formula is C18H18BrNO3S. The third-order valence-electron chi connectivity index (χ3n) is 3.95. The molecule has 1 atom stereocenters. The molecule has 0 saturated carbocycles. The topological polar surface area (TPSA) is 38.8 Å². The fourth-order valence-electron chi connectivity index (χ4n) is 2.72. The van der Waals surface area contributed by atoms with Crippen LogP contribution in [0.4, 0.5) is 0 Å². The lowest BCUT2D eigenvalue weighted by atomic mass is 10.1. The van der Waals surface area contributed by atoms with E-state index in [1.54, 1.807) is 26.0 Å². The predicted octanol–water partition coefficient (Wildman–Crippen LogP) is 4.35. The zero-order valence-corrected chi connectivity index (χ0v) is 15.9. The molecular weight excluding hydrogens is 390 g/mol. The summed E-state index contributed by atoms with van der Waals surface area (Å²) < 4.78 is 11.7. The van der Waals surface area contributed by atoms with Crippen LogP contribution in [-0.4, -0.2) is 37.3 Å². The summed E-state index contributed by atoms with van der Waals surface area (Å²) in [5.74, 6) is 2.42. The average molecular weight is 408 g/mol. The highest BCUT2D eigenvalue weighted by atomic mass is 79.9. The minimum Gasteiger partial charge on any atom is -0.497 e. The van der Waals surface area contributed by atoms with Crippen molar-refractivity contribution in [2.24, 2.45) is 0 Å². The van der Waals surface area contributed by atoms with Gasteiger partial charge in [-0.2, -0.15) is 0 Å². The molecule has 126 valence electrons. The lowest BCUT2D eigenvalue weighted by Crippen LogP contribution is -2.30. The molecule has 0 spiro atoms. The highest BCUT2D eigenvalue weighted by Gasteiger charge is 2.33. The number of rotatable bonds is 4. The molecule has 24 heavy (non-hydrogen) atoms. The summed E-state index contributed by atoms with van der Waals surface area (Å²) in [4.78, 5) is 14.8. The van der Waals surface area contributed by atoms with Crippen molar-refractivity contribution in [2.75, 3.05) is 26.5 Å². The van der Waals surface area contributed by atoms with Gasteiger partial charge in [-0.1, -0.05) is 15.9 Å². The third-order valence-corrected chi connectivity index (χ3v) is 5.72. The van der Waals surface area contributed by atoms with Crippen molar-refractivity contribution >= 4 is 33.6 Å². The monoisotopic (exact) mass is 407 g/mol. The number of hydrogen-bond acceptors (Lipinski definition) is 4. The number of carbonyl (C=O) groups excluding carboxylic acids is 1. The molecule has 2 aromatic rings. The van der Waals surface area contributed by atoms with E-state index in [1.807, 2.05) is 47.4 Å². The first-order valence-electron chi connectivity index (χ1n) is 7.54. The van der Waals surface area contributed by atoms with Crippen LogP contribution in [0.5, 0.6) is 11.5 Å². The molecule has 1 heterocycles. The van der Waals surface area contributed by atoms with E-state index in [2.05, 4.69) is 15.9 Å². The fourth-order valence-corrected chi connectivity index (χ4v) is 4.26. The largest absolute Gasteiger partial charge is 0.497 e. The van der Waals surface area contributed by atoms with Crippen molar-refractivity contribution in [1.29, 1.82) is 0 Å². The number of thioether (sulfide) groups is 1. The van der Waals surface area contributed by atoms with Crippen LogP contribution in [0, 0.1) is 0 Å². The zero-order chi connectivity index (χ0) is 17.1. The first kappa shape index (κ1) is 17.2. The number of ether oxygens (including phenoxy) is 2. The first-order valence-corrected chi connectivity index (χ1v) is 9.38. The van der Waals surface area contributed by atoms with Gasteiger partial charge in [-0.05, 0) is 36.4 Å². The number of carbonyl (C=O) groups is 1. The number of hydrogen-bond donors (Lipinski definition) is 0. The first-order chi connectivity index (χ1) is 11.6. The maximum atomic E-state index is 12.9. The Labute approximate surface area is 154 Å². The van der Waals surface area contributed by atoms with Crippen LogP contribution in [0.3, 0.4) is 0 Å². The summed E-state index contributed by atoms with van der Waals surface area (Å²) in [5, 5.41) is -0.0537. The number of halogens is 1. The molecule has 0 radical (unpaired) electrons. The summed E-state index contributed by atoms with van der Waals surface area (Å²) in [6, 6.07) is 13.2. The van der Waals surface area contributed by atoms with E-state index in [4.69, 9.17) is 9.47 Å². The Morgan fingerprint density at radius 3 is 2.58 bits per heavy atom. The molecule has 0 aromatic heterocycles. The Hall–Kier alpha value is -1.66. The maximum Gasteiger partial charge on any atom is 0.255 e. The van der Waals surface area contributed by atoms with Crippen LogP contribution in [0.25, 0.3) is 0 Å². The second kappa shape index (κ2) is 7.49. The lowest BCUT2D eigenvalue weighted by Gasteiger charge is -2.25. The van der Waals surface area contributed by atoms with Crippen LogP contribution >= 0.6 is 27.7 Å². The van der Waals surface area contributed by atoms with E-state index in [1.165, 1.54) is 0 Å². The van der Waals surface area contributed by atoms with E-state index >= 15 is 0 Å². The van der Waals surface area contributed by atoms with Gasteiger partial charge in [-0.15, -0.1) is 11.8 Å². The van der Waals surface area contributed by atoms with E-state index in [9.17, 15) is 4.79 Å².